The molecule has 4 atom stereocenters. The van der Waals surface area contributed by atoms with E-state index in [0.29, 0.717) is 12.1 Å². The molecule has 0 radical (unpaired) electrons. The molecule has 12 nitrogen and oxygen atoms in total. The molecule has 0 fully saturated rings. The van der Waals surface area contributed by atoms with E-state index < -0.39 is 54.5 Å². The van der Waals surface area contributed by atoms with Gasteiger partial charge in [0.2, 0.25) is 17.7 Å². The first-order chi connectivity index (χ1) is 14.0. The number of nitrogens with one attached hydrogen (secondary N) is 4. The number of rotatable bonds is 12. The molecule has 1 aromatic heterocycles. The Morgan fingerprint density at radius 1 is 1.17 bits per heavy atom. The molecule has 12 heteroatoms. The molecule has 8 N–H and O–H groups in total. The van der Waals surface area contributed by atoms with Gasteiger partial charge in [-0.1, -0.05) is 13.8 Å². The number of aromatic nitrogens is 2. The number of carbonyl (C=O) groups excluding carboxylic acids is 3. The molecule has 0 bridgehead atoms. The third-order valence-electron chi connectivity index (χ3n) is 4.16. The van der Waals surface area contributed by atoms with Crippen molar-refractivity contribution in [2.24, 2.45) is 11.7 Å². The van der Waals surface area contributed by atoms with Gasteiger partial charge in [0, 0.05) is 18.3 Å². The highest BCUT2D eigenvalue weighted by Gasteiger charge is 2.27. The van der Waals surface area contributed by atoms with E-state index >= 15 is 0 Å². The Bertz CT molecular complexity index is 721. The summed E-state index contributed by atoms with van der Waals surface area (Å²) in [5.74, 6) is -3.27. The predicted molar refractivity (Wildman–Crippen MR) is 106 cm³/mol. The number of carboxylic acids is 1. The van der Waals surface area contributed by atoms with Crippen LogP contribution in [0.25, 0.3) is 0 Å². The number of aliphatic hydroxyl groups is 1. The molecule has 168 valence electrons. The van der Waals surface area contributed by atoms with Crippen LogP contribution in [0.4, 0.5) is 0 Å². The second-order valence-corrected chi connectivity index (χ2v) is 7.42. The van der Waals surface area contributed by atoms with Crippen molar-refractivity contribution in [1.29, 1.82) is 0 Å². The lowest BCUT2D eigenvalue weighted by molar-refractivity contribution is -0.144. The molecule has 0 saturated heterocycles. The van der Waals surface area contributed by atoms with Gasteiger partial charge in [0.15, 0.2) is 6.04 Å². The van der Waals surface area contributed by atoms with E-state index in [1.165, 1.54) is 13.3 Å². The molecule has 3 amide bonds. The Labute approximate surface area is 174 Å². The molecule has 0 spiro atoms. The van der Waals surface area contributed by atoms with Gasteiger partial charge in [0.05, 0.1) is 25.0 Å². The highest BCUT2D eigenvalue weighted by Crippen LogP contribution is 2.06. The average molecular weight is 426 g/mol. The van der Waals surface area contributed by atoms with Gasteiger partial charge in [0.1, 0.15) is 6.04 Å². The lowest BCUT2D eigenvalue weighted by Crippen LogP contribution is -2.55. The lowest BCUT2D eigenvalue weighted by atomic mass is 10.0. The maximum absolute atomic E-state index is 12.5. The minimum atomic E-state index is -1.50. The summed E-state index contributed by atoms with van der Waals surface area (Å²) in [6.07, 6.45) is 2.21. The Balaban J connectivity index is 2.64. The zero-order chi connectivity index (χ0) is 22.8. The minimum absolute atomic E-state index is 0.0605. The predicted octanol–water partition coefficient (Wildman–Crippen LogP) is -2.12. The smallest absolute Gasteiger partial charge is 0.328 e. The fraction of sp³-hybridized carbons (Fsp3) is 0.611. The van der Waals surface area contributed by atoms with Crippen LogP contribution in [0.1, 0.15) is 32.9 Å². The maximum Gasteiger partial charge on any atom is 0.328 e. The standard InChI is InChI=1S/C18H30N6O6/c1-9(2)4-13(23-16(27)12(19)5-11-6-20-8-22-11)17(28)21-7-14(26)24-15(10(3)25)18(29)30/h6,8-10,12-13,15,25H,4-5,7,19H2,1-3H3,(H,20,22)(H,21,28)(H,23,27)(H,24,26)(H,29,30). The summed E-state index contributed by atoms with van der Waals surface area (Å²) in [6.45, 7) is 4.44. The number of carbonyl (C=O) groups is 4. The fourth-order valence-corrected chi connectivity index (χ4v) is 2.61. The summed E-state index contributed by atoms with van der Waals surface area (Å²) >= 11 is 0. The van der Waals surface area contributed by atoms with E-state index in [2.05, 4.69) is 25.9 Å². The van der Waals surface area contributed by atoms with Crippen LogP contribution in [0.5, 0.6) is 0 Å². The zero-order valence-corrected chi connectivity index (χ0v) is 17.2. The van der Waals surface area contributed by atoms with Crippen LogP contribution in [0.2, 0.25) is 0 Å². The van der Waals surface area contributed by atoms with Gasteiger partial charge in [-0.05, 0) is 19.3 Å². The molecule has 1 rings (SSSR count). The van der Waals surface area contributed by atoms with E-state index in [9.17, 15) is 24.3 Å². The second kappa shape index (κ2) is 11.9. The molecule has 1 aromatic rings. The third kappa shape index (κ3) is 8.57. The highest BCUT2D eigenvalue weighted by molar-refractivity contribution is 5.92. The quantitative estimate of drug-likeness (QED) is 0.196. The van der Waals surface area contributed by atoms with Crippen LogP contribution < -0.4 is 21.7 Å². The molecule has 0 aliphatic heterocycles. The van der Waals surface area contributed by atoms with E-state index in [1.807, 2.05) is 13.8 Å². The van der Waals surface area contributed by atoms with Crippen LogP contribution in [0.15, 0.2) is 12.5 Å². The van der Waals surface area contributed by atoms with Crippen molar-refractivity contribution in [1.82, 2.24) is 25.9 Å². The summed E-state index contributed by atoms with van der Waals surface area (Å²) < 4.78 is 0. The maximum atomic E-state index is 12.5. The molecule has 0 aromatic carbocycles. The SMILES string of the molecule is CC(C)CC(NC(=O)C(N)Cc1cnc[nH]1)C(=O)NCC(=O)NC(C(=O)O)C(C)O. The molecular weight excluding hydrogens is 396 g/mol. The summed E-state index contributed by atoms with van der Waals surface area (Å²) in [7, 11) is 0. The molecule has 1 heterocycles. The van der Waals surface area contributed by atoms with Crippen LogP contribution in [-0.2, 0) is 25.6 Å². The number of amides is 3. The van der Waals surface area contributed by atoms with Crippen molar-refractivity contribution in [2.45, 2.75) is 57.8 Å². The number of nitrogens with two attached hydrogens (primary N) is 1. The number of imidazole rings is 1. The van der Waals surface area contributed by atoms with Gasteiger partial charge in [-0.2, -0.15) is 0 Å². The second-order valence-electron chi connectivity index (χ2n) is 7.42. The van der Waals surface area contributed by atoms with Crippen molar-refractivity contribution in [3.05, 3.63) is 18.2 Å². The van der Waals surface area contributed by atoms with Crippen LogP contribution in [0, 0.1) is 5.92 Å². The Hall–Kier alpha value is -2.99. The Morgan fingerprint density at radius 3 is 2.33 bits per heavy atom. The minimum Gasteiger partial charge on any atom is -0.480 e. The number of H-pyrrole nitrogens is 1. The molecule has 0 aliphatic carbocycles. The normalized spacial score (nSPS) is 15.0. The van der Waals surface area contributed by atoms with E-state index in [1.54, 1.807) is 6.20 Å². The average Bonchev–Trinajstić information content (AvgIpc) is 3.15. The molecular formula is C18H30N6O6. The third-order valence-corrected chi connectivity index (χ3v) is 4.16. The van der Waals surface area contributed by atoms with Gasteiger partial charge in [-0.15, -0.1) is 0 Å². The molecule has 4 unspecified atom stereocenters. The van der Waals surface area contributed by atoms with Gasteiger partial charge in [-0.25, -0.2) is 9.78 Å². The first-order valence-electron chi connectivity index (χ1n) is 9.52. The summed E-state index contributed by atoms with van der Waals surface area (Å²) in [5.41, 5.74) is 6.56. The Kier molecular flexibility index (Phi) is 9.92. The van der Waals surface area contributed by atoms with Crippen molar-refractivity contribution >= 4 is 23.7 Å². The van der Waals surface area contributed by atoms with Crippen molar-refractivity contribution in [3.63, 3.8) is 0 Å². The first-order valence-corrected chi connectivity index (χ1v) is 9.52. The lowest BCUT2D eigenvalue weighted by Gasteiger charge is -2.22. The fourth-order valence-electron chi connectivity index (χ4n) is 2.61. The van der Waals surface area contributed by atoms with Crippen molar-refractivity contribution in [3.8, 4) is 0 Å². The largest absolute Gasteiger partial charge is 0.480 e. The topological polar surface area (TPSA) is 200 Å². The first kappa shape index (κ1) is 25.0. The van der Waals surface area contributed by atoms with Gasteiger partial charge >= 0.3 is 5.97 Å². The zero-order valence-electron chi connectivity index (χ0n) is 17.2. The van der Waals surface area contributed by atoms with Crippen LogP contribution >= 0.6 is 0 Å². The van der Waals surface area contributed by atoms with Crippen LogP contribution in [0.3, 0.4) is 0 Å². The van der Waals surface area contributed by atoms with Gasteiger partial charge < -0.3 is 36.9 Å². The van der Waals surface area contributed by atoms with E-state index in [-0.39, 0.29) is 12.3 Å². The summed E-state index contributed by atoms with van der Waals surface area (Å²) in [5, 5.41) is 25.4. The van der Waals surface area contributed by atoms with Crippen molar-refractivity contribution < 1.29 is 29.4 Å². The van der Waals surface area contributed by atoms with E-state index in [4.69, 9.17) is 10.8 Å². The number of aliphatic hydroxyl groups excluding tert-OH is 1. The number of hydrogen-bond donors (Lipinski definition) is 7. The van der Waals surface area contributed by atoms with Crippen molar-refractivity contribution in [2.75, 3.05) is 6.54 Å². The molecule has 0 saturated carbocycles. The number of carboxylic acid groups (broad SMARTS) is 1. The highest BCUT2D eigenvalue weighted by atomic mass is 16.4. The molecule has 30 heavy (non-hydrogen) atoms. The number of hydrogen-bond acceptors (Lipinski definition) is 7. The van der Waals surface area contributed by atoms with E-state index in [0.717, 1.165) is 0 Å². The van der Waals surface area contributed by atoms with Crippen LogP contribution in [-0.4, -0.2) is 74.6 Å². The van der Waals surface area contributed by atoms with Gasteiger partial charge in [-0.3, -0.25) is 14.4 Å². The van der Waals surface area contributed by atoms with Gasteiger partial charge in [0.25, 0.3) is 0 Å². The monoisotopic (exact) mass is 426 g/mol. The number of aliphatic carboxylic acids is 1. The number of nitrogens with zero attached hydrogens (tertiary/aromatic N) is 1. The molecule has 0 aliphatic rings. The summed E-state index contributed by atoms with van der Waals surface area (Å²) in [4.78, 5) is 54.5. The summed E-state index contributed by atoms with van der Waals surface area (Å²) in [6, 6.07) is -3.33. The number of aromatic amines is 1. The Morgan fingerprint density at radius 2 is 1.83 bits per heavy atom.